The molecule has 2 nitrogen and oxygen atoms in total. The third kappa shape index (κ3) is 2.59. The van der Waals surface area contributed by atoms with Gasteiger partial charge < -0.3 is 0 Å². The van der Waals surface area contributed by atoms with Gasteiger partial charge in [-0.15, -0.1) is 11.3 Å². The number of nitrogens with two attached hydrogens (primary N) is 1. The standard InChI is InChI=1S/C16H20N2S/c1-11-6-8-12(9-7-11)16(18-17)15-10-13-4-2-3-5-14(13)19-15/h6-10,16,18H,2-5,17H2,1H3. The number of hydrazine groups is 1. The highest BCUT2D eigenvalue weighted by Crippen LogP contribution is 2.35. The van der Waals surface area contributed by atoms with Crippen LogP contribution < -0.4 is 11.3 Å². The predicted octanol–water partition coefficient (Wildman–Crippen LogP) is 3.49. The number of rotatable bonds is 3. The summed E-state index contributed by atoms with van der Waals surface area (Å²) in [6.45, 7) is 2.11. The average Bonchev–Trinajstić information content (AvgIpc) is 2.85. The highest BCUT2D eigenvalue weighted by Gasteiger charge is 2.19. The largest absolute Gasteiger partial charge is 0.271 e. The fraction of sp³-hybridized carbons (Fsp3) is 0.375. The van der Waals surface area contributed by atoms with Crippen molar-refractivity contribution in [3.05, 3.63) is 56.8 Å². The van der Waals surface area contributed by atoms with Crippen molar-refractivity contribution in [2.75, 3.05) is 0 Å². The Bertz CT molecular complexity index is 533. The fourth-order valence-electron chi connectivity index (χ4n) is 2.76. The highest BCUT2D eigenvalue weighted by atomic mass is 32.1. The molecule has 1 aliphatic rings. The molecule has 1 aromatic carbocycles. The van der Waals surface area contributed by atoms with Gasteiger partial charge in [-0.3, -0.25) is 5.84 Å². The maximum absolute atomic E-state index is 5.79. The second-order valence-corrected chi connectivity index (χ2v) is 6.48. The molecule has 0 saturated carbocycles. The van der Waals surface area contributed by atoms with Gasteiger partial charge in [-0.05, 0) is 49.8 Å². The first kappa shape index (κ1) is 12.9. The van der Waals surface area contributed by atoms with E-state index in [0.717, 1.165) is 0 Å². The van der Waals surface area contributed by atoms with Gasteiger partial charge in [0.25, 0.3) is 0 Å². The lowest BCUT2D eigenvalue weighted by Gasteiger charge is -2.14. The Kier molecular flexibility index (Phi) is 3.69. The van der Waals surface area contributed by atoms with Crippen LogP contribution in [0.2, 0.25) is 0 Å². The maximum atomic E-state index is 5.79. The van der Waals surface area contributed by atoms with Crippen molar-refractivity contribution in [2.24, 2.45) is 5.84 Å². The predicted molar refractivity (Wildman–Crippen MR) is 81.3 cm³/mol. The summed E-state index contributed by atoms with van der Waals surface area (Å²) in [6, 6.07) is 11.1. The first-order valence-corrected chi connectivity index (χ1v) is 7.74. The van der Waals surface area contributed by atoms with Crippen LogP contribution >= 0.6 is 11.3 Å². The molecule has 3 rings (SSSR count). The summed E-state index contributed by atoms with van der Waals surface area (Å²) in [5, 5.41) is 0. The molecule has 0 aliphatic heterocycles. The van der Waals surface area contributed by atoms with Crippen molar-refractivity contribution < 1.29 is 0 Å². The van der Waals surface area contributed by atoms with E-state index in [1.54, 1.807) is 10.4 Å². The summed E-state index contributed by atoms with van der Waals surface area (Å²) in [5.41, 5.74) is 7.04. The van der Waals surface area contributed by atoms with Gasteiger partial charge in [0.2, 0.25) is 0 Å². The monoisotopic (exact) mass is 272 g/mol. The molecule has 2 aromatic rings. The smallest absolute Gasteiger partial charge is 0.0802 e. The van der Waals surface area contributed by atoms with Crippen molar-refractivity contribution in [3.63, 3.8) is 0 Å². The van der Waals surface area contributed by atoms with E-state index in [1.807, 2.05) is 11.3 Å². The second-order valence-electron chi connectivity index (χ2n) is 5.31. The quantitative estimate of drug-likeness (QED) is 0.663. The van der Waals surface area contributed by atoms with E-state index >= 15 is 0 Å². The van der Waals surface area contributed by atoms with Gasteiger partial charge in [0, 0.05) is 9.75 Å². The Morgan fingerprint density at radius 1 is 1.16 bits per heavy atom. The van der Waals surface area contributed by atoms with Crippen molar-refractivity contribution in [2.45, 2.75) is 38.6 Å². The molecule has 1 aromatic heterocycles. The first-order chi connectivity index (χ1) is 9.28. The molecule has 0 fully saturated rings. The SMILES string of the molecule is Cc1ccc(C(NN)c2cc3c(s2)CCCC3)cc1. The number of aryl methyl sites for hydroxylation is 3. The molecule has 19 heavy (non-hydrogen) atoms. The molecular weight excluding hydrogens is 252 g/mol. The minimum Gasteiger partial charge on any atom is -0.271 e. The second kappa shape index (κ2) is 5.45. The number of benzene rings is 1. The summed E-state index contributed by atoms with van der Waals surface area (Å²) in [4.78, 5) is 2.91. The minimum absolute atomic E-state index is 0.121. The van der Waals surface area contributed by atoms with Crippen molar-refractivity contribution in [1.29, 1.82) is 0 Å². The van der Waals surface area contributed by atoms with Gasteiger partial charge in [-0.1, -0.05) is 29.8 Å². The normalized spacial score (nSPS) is 16.1. The lowest BCUT2D eigenvalue weighted by Crippen LogP contribution is -2.28. The van der Waals surface area contributed by atoms with Crippen LogP contribution in [-0.4, -0.2) is 0 Å². The van der Waals surface area contributed by atoms with Gasteiger partial charge in [0.1, 0.15) is 0 Å². The van der Waals surface area contributed by atoms with E-state index < -0.39 is 0 Å². The number of hydrogen-bond acceptors (Lipinski definition) is 3. The number of nitrogens with one attached hydrogen (secondary N) is 1. The summed E-state index contributed by atoms with van der Waals surface area (Å²) in [5.74, 6) is 5.79. The minimum atomic E-state index is 0.121. The van der Waals surface area contributed by atoms with Crippen LogP contribution in [0.15, 0.2) is 30.3 Å². The molecule has 0 spiro atoms. The molecule has 3 heteroatoms. The van der Waals surface area contributed by atoms with Gasteiger partial charge in [-0.2, -0.15) is 0 Å². The lowest BCUT2D eigenvalue weighted by molar-refractivity contribution is 0.645. The molecule has 1 heterocycles. The zero-order valence-electron chi connectivity index (χ0n) is 11.3. The lowest BCUT2D eigenvalue weighted by atomic mass is 9.98. The van der Waals surface area contributed by atoms with Crippen molar-refractivity contribution in [1.82, 2.24) is 5.43 Å². The third-order valence-corrected chi connectivity index (χ3v) is 5.18. The zero-order chi connectivity index (χ0) is 13.2. The number of fused-ring (bicyclic) bond motifs is 1. The van der Waals surface area contributed by atoms with Crippen molar-refractivity contribution in [3.8, 4) is 0 Å². The van der Waals surface area contributed by atoms with E-state index in [1.165, 1.54) is 41.7 Å². The van der Waals surface area contributed by atoms with Crippen LogP contribution in [0.3, 0.4) is 0 Å². The Morgan fingerprint density at radius 3 is 2.58 bits per heavy atom. The molecule has 0 bridgehead atoms. The van der Waals surface area contributed by atoms with E-state index in [4.69, 9.17) is 5.84 Å². The molecule has 0 saturated heterocycles. The molecule has 0 radical (unpaired) electrons. The van der Waals surface area contributed by atoms with Gasteiger partial charge in [0.15, 0.2) is 0 Å². The zero-order valence-corrected chi connectivity index (χ0v) is 12.1. The van der Waals surface area contributed by atoms with Gasteiger partial charge in [-0.25, -0.2) is 5.43 Å². The Hall–Kier alpha value is -1.16. The molecule has 3 N–H and O–H groups in total. The fourth-order valence-corrected chi connectivity index (χ4v) is 4.10. The highest BCUT2D eigenvalue weighted by molar-refractivity contribution is 7.12. The third-order valence-electron chi connectivity index (χ3n) is 3.88. The van der Waals surface area contributed by atoms with Crippen LogP contribution in [0, 0.1) is 6.92 Å². The molecule has 1 aliphatic carbocycles. The van der Waals surface area contributed by atoms with Crippen LogP contribution in [0.25, 0.3) is 0 Å². The molecule has 1 atom stereocenters. The van der Waals surface area contributed by atoms with E-state index in [-0.39, 0.29) is 6.04 Å². The van der Waals surface area contributed by atoms with Crippen LogP contribution in [0.4, 0.5) is 0 Å². The molecule has 0 amide bonds. The summed E-state index contributed by atoms with van der Waals surface area (Å²) >= 11 is 1.92. The van der Waals surface area contributed by atoms with E-state index in [9.17, 15) is 0 Å². The maximum Gasteiger partial charge on any atom is 0.0802 e. The number of thiophene rings is 1. The van der Waals surface area contributed by atoms with E-state index in [2.05, 4.69) is 42.7 Å². The summed E-state index contributed by atoms with van der Waals surface area (Å²) < 4.78 is 0. The molecular formula is C16H20N2S. The van der Waals surface area contributed by atoms with Crippen LogP contribution in [0.5, 0.6) is 0 Å². The summed E-state index contributed by atoms with van der Waals surface area (Å²) in [6.07, 6.45) is 5.13. The Labute approximate surface area is 118 Å². The topological polar surface area (TPSA) is 38.0 Å². The van der Waals surface area contributed by atoms with Crippen LogP contribution in [0.1, 0.15) is 45.3 Å². The molecule has 1 unspecified atom stereocenters. The average molecular weight is 272 g/mol. The van der Waals surface area contributed by atoms with Crippen LogP contribution in [-0.2, 0) is 12.8 Å². The van der Waals surface area contributed by atoms with Gasteiger partial charge >= 0.3 is 0 Å². The van der Waals surface area contributed by atoms with Gasteiger partial charge in [0.05, 0.1) is 6.04 Å². The number of hydrogen-bond donors (Lipinski definition) is 2. The molecule has 100 valence electrons. The summed E-state index contributed by atoms with van der Waals surface area (Å²) in [7, 11) is 0. The Balaban J connectivity index is 1.93. The first-order valence-electron chi connectivity index (χ1n) is 6.92. The van der Waals surface area contributed by atoms with E-state index in [0.29, 0.717) is 0 Å². The Morgan fingerprint density at radius 2 is 1.89 bits per heavy atom. The van der Waals surface area contributed by atoms with Crippen molar-refractivity contribution >= 4 is 11.3 Å².